The number of carboxylic acids is 1. The second-order valence-corrected chi connectivity index (χ2v) is 12.6. The van der Waals surface area contributed by atoms with Crippen LogP contribution in [0, 0.1) is 0 Å². The van der Waals surface area contributed by atoms with Crippen LogP contribution in [-0.4, -0.2) is 87.1 Å². The van der Waals surface area contributed by atoms with Crippen molar-refractivity contribution in [1.82, 2.24) is 30.6 Å². The molecule has 1 aromatic carbocycles. The molecular formula is C36H51N9O8. The Morgan fingerprint density at radius 2 is 1.53 bits per heavy atom. The zero-order chi connectivity index (χ0) is 38.8. The number of nitrogens with one attached hydrogen (secondary N) is 2. The van der Waals surface area contributed by atoms with Crippen molar-refractivity contribution in [2.75, 3.05) is 36.6 Å². The molecule has 0 aliphatic heterocycles. The maximum absolute atomic E-state index is 12.9. The topological polar surface area (TPSA) is 255 Å². The molecule has 0 saturated heterocycles. The van der Waals surface area contributed by atoms with Crippen LogP contribution in [0.1, 0.15) is 101 Å². The van der Waals surface area contributed by atoms with Crippen LogP contribution in [0.25, 0.3) is 11.2 Å². The van der Waals surface area contributed by atoms with Crippen molar-refractivity contribution < 1.29 is 38.6 Å². The molecule has 0 aliphatic carbocycles. The monoisotopic (exact) mass is 737 g/mol. The number of nitrogens with zero attached hydrogens (tertiary/aromatic N) is 5. The number of carbonyl (C=O) groups is 5. The van der Waals surface area contributed by atoms with Crippen LogP contribution in [-0.2, 0) is 35.2 Å². The van der Waals surface area contributed by atoms with E-state index in [9.17, 15) is 29.1 Å². The normalized spacial score (nSPS) is 12.1. The number of hydrogen-bond donors (Lipinski definition) is 5. The Kier molecular flexibility index (Phi) is 17.1. The number of aromatic nitrogens is 4. The summed E-state index contributed by atoms with van der Waals surface area (Å²) in [7, 11) is 1.81. The zero-order valence-electron chi connectivity index (χ0n) is 30.6. The fourth-order valence-corrected chi connectivity index (χ4v) is 5.45. The van der Waals surface area contributed by atoms with Gasteiger partial charge in [0.25, 0.3) is 11.8 Å². The molecule has 0 spiro atoms. The third-order valence-electron chi connectivity index (χ3n) is 8.33. The van der Waals surface area contributed by atoms with Gasteiger partial charge in [0.05, 0.1) is 25.0 Å². The number of benzene rings is 1. The van der Waals surface area contributed by atoms with Gasteiger partial charge in [-0.1, -0.05) is 58.3 Å². The Morgan fingerprint density at radius 1 is 0.849 bits per heavy atom. The molecule has 0 aliphatic rings. The number of ether oxygens (including phenoxy) is 2. The first kappa shape index (κ1) is 41.8. The van der Waals surface area contributed by atoms with Crippen LogP contribution in [0.3, 0.4) is 0 Å². The predicted octanol–water partition coefficient (Wildman–Crippen LogP) is 3.31. The number of aliphatic carboxylic acids is 1. The quantitative estimate of drug-likeness (QED) is 0.0691. The number of carboxylic acid groups (broad SMARTS) is 1. The lowest BCUT2D eigenvalue weighted by molar-refractivity contribution is -0.151. The van der Waals surface area contributed by atoms with E-state index in [0.717, 1.165) is 31.4 Å². The lowest BCUT2D eigenvalue weighted by atomic mass is 10.0. The molecule has 17 nitrogen and oxygen atoms in total. The van der Waals surface area contributed by atoms with E-state index >= 15 is 0 Å². The molecule has 2 aromatic heterocycles. The molecule has 288 valence electrons. The molecule has 3 rings (SSSR count). The van der Waals surface area contributed by atoms with Crippen molar-refractivity contribution in [3.05, 3.63) is 41.7 Å². The lowest BCUT2D eigenvalue weighted by Crippen LogP contribution is -2.43. The van der Waals surface area contributed by atoms with Crippen LogP contribution in [0.2, 0.25) is 0 Å². The predicted molar refractivity (Wildman–Crippen MR) is 197 cm³/mol. The first-order chi connectivity index (χ1) is 25.4. The maximum atomic E-state index is 12.9. The number of rotatable bonds is 23. The molecule has 17 heteroatoms. The van der Waals surface area contributed by atoms with Crippen molar-refractivity contribution in [2.24, 2.45) is 0 Å². The summed E-state index contributed by atoms with van der Waals surface area (Å²) in [6.07, 6.45) is 9.92. The van der Waals surface area contributed by atoms with Gasteiger partial charge in [-0.15, -0.1) is 0 Å². The SMILES string of the molecule is CCCCCCCCCCC(NC(=O)COC(=O)CC[C@H](NC(=O)c1ccc(N(C)Cc2cnc3nc(N)nc(N)c3n2)cc1)C(=O)O)C(=O)OCC. The average molecular weight is 738 g/mol. The summed E-state index contributed by atoms with van der Waals surface area (Å²) < 4.78 is 10.1. The molecular weight excluding hydrogens is 686 g/mol. The molecule has 2 amide bonds. The minimum Gasteiger partial charge on any atom is -0.480 e. The van der Waals surface area contributed by atoms with Gasteiger partial charge in [-0.2, -0.15) is 9.97 Å². The van der Waals surface area contributed by atoms with E-state index in [2.05, 4.69) is 37.5 Å². The Hall–Kier alpha value is -5.61. The largest absolute Gasteiger partial charge is 0.480 e. The summed E-state index contributed by atoms with van der Waals surface area (Å²) in [5.41, 5.74) is 13.6. The summed E-state index contributed by atoms with van der Waals surface area (Å²) in [4.78, 5) is 80.6. The Morgan fingerprint density at radius 3 is 2.19 bits per heavy atom. The summed E-state index contributed by atoms with van der Waals surface area (Å²) in [6.45, 7) is 3.69. The highest BCUT2D eigenvalue weighted by Gasteiger charge is 2.24. The number of fused-ring (bicyclic) bond motifs is 1. The number of nitrogens with two attached hydrogens (primary N) is 2. The number of nitrogen functional groups attached to an aromatic ring is 2. The number of amides is 2. The van der Waals surface area contributed by atoms with E-state index in [1.807, 2.05) is 11.9 Å². The molecule has 1 unspecified atom stereocenters. The first-order valence-corrected chi connectivity index (χ1v) is 17.9. The number of carbonyl (C=O) groups excluding carboxylic acids is 4. The van der Waals surface area contributed by atoms with E-state index in [4.69, 9.17) is 20.9 Å². The van der Waals surface area contributed by atoms with Crippen LogP contribution in [0.5, 0.6) is 0 Å². The standard InChI is InChI=1S/C36H51N9O8/c1-4-6-7-8-9-10-11-12-13-27(35(51)52-5-2)41-28(46)22-53-29(47)19-18-26(34(49)50)42-33(48)23-14-16-25(17-15-23)45(3)21-24-20-39-32-30(40-24)31(37)43-36(38)44-32/h14-17,20,26-27H,4-13,18-19,21-22H2,1-3H3,(H,41,46)(H,42,48)(H,49,50)(H4,37,38,39,43,44)/t26-,27?/m0/s1. The van der Waals surface area contributed by atoms with Crippen LogP contribution in [0.15, 0.2) is 30.5 Å². The summed E-state index contributed by atoms with van der Waals surface area (Å²) in [5, 5.41) is 14.7. The summed E-state index contributed by atoms with van der Waals surface area (Å²) >= 11 is 0. The third-order valence-corrected chi connectivity index (χ3v) is 8.33. The lowest BCUT2D eigenvalue weighted by Gasteiger charge is -2.19. The van der Waals surface area contributed by atoms with Crippen molar-refractivity contribution in [2.45, 2.75) is 103 Å². The van der Waals surface area contributed by atoms with E-state index in [1.54, 1.807) is 25.3 Å². The molecule has 3 aromatic rings. The van der Waals surface area contributed by atoms with Gasteiger partial charge in [-0.25, -0.2) is 19.6 Å². The van der Waals surface area contributed by atoms with Crippen molar-refractivity contribution >= 4 is 58.3 Å². The van der Waals surface area contributed by atoms with E-state index < -0.39 is 48.4 Å². The van der Waals surface area contributed by atoms with Gasteiger partial charge in [0.2, 0.25) is 5.95 Å². The van der Waals surface area contributed by atoms with Crippen LogP contribution in [0.4, 0.5) is 17.5 Å². The molecule has 0 fully saturated rings. The van der Waals surface area contributed by atoms with E-state index in [0.29, 0.717) is 24.2 Å². The summed E-state index contributed by atoms with van der Waals surface area (Å²) in [5.74, 6) is -3.95. The smallest absolute Gasteiger partial charge is 0.328 e. The molecule has 7 N–H and O–H groups in total. The molecule has 0 saturated carbocycles. The number of anilines is 3. The van der Waals surface area contributed by atoms with Crippen molar-refractivity contribution in [3.8, 4) is 0 Å². The molecule has 2 atom stereocenters. The van der Waals surface area contributed by atoms with Gasteiger partial charge >= 0.3 is 17.9 Å². The van der Waals surface area contributed by atoms with Gasteiger partial charge in [-0.3, -0.25) is 14.4 Å². The van der Waals surface area contributed by atoms with Crippen molar-refractivity contribution in [3.63, 3.8) is 0 Å². The average Bonchev–Trinajstić information content (AvgIpc) is 3.13. The summed E-state index contributed by atoms with van der Waals surface area (Å²) in [6, 6.07) is 4.17. The third kappa shape index (κ3) is 14.1. The Labute approximate surface area is 308 Å². The number of esters is 2. The van der Waals surface area contributed by atoms with Crippen LogP contribution >= 0.6 is 0 Å². The minimum atomic E-state index is -1.40. The Bertz CT molecular complexity index is 1690. The molecule has 0 bridgehead atoms. The van der Waals surface area contributed by atoms with Gasteiger partial charge in [-0.05, 0) is 44.0 Å². The highest BCUT2D eigenvalue weighted by molar-refractivity contribution is 5.97. The maximum Gasteiger partial charge on any atom is 0.328 e. The van der Waals surface area contributed by atoms with Gasteiger partial charge in [0, 0.05) is 24.7 Å². The molecule has 53 heavy (non-hydrogen) atoms. The van der Waals surface area contributed by atoms with Gasteiger partial charge < -0.3 is 41.6 Å². The second-order valence-electron chi connectivity index (χ2n) is 12.6. The van der Waals surface area contributed by atoms with Crippen LogP contribution < -0.4 is 27.0 Å². The highest BCUT2D eigenvalue weighted by Crippen LogP contribution is 2.19. The molecule has 0 radical (unpaired) electrons. The molecule has 2 heterocycles. The second kappa shape index (κ2) is 21.7. The van der Waals surface area contributed by atoms with Gasteiger partial charge in [0.1, 0.15) is 12.1 Å². The van der Waals surface area contributed by atoms with E-state index in [1.165, 1.54) is 37.8 Å². The fourth-order valence-electron chi connectivity index (χ4n) is 5.45. The number of hydrogen-bond acceptors (Lipinski definition) is 14. The Balaban J connectivity index is 1.44. The highest BCUT2D eigenvalue weighted by atomic mass is 16.5. The van der Waals surface area contributed by atoms with E-state index in [-0.39, 0.29) is 42.4 Å². The van der Waals surface area contributed by atoms with Gasteiger partial charge in [0.15, 0.2) is 23.6 Å². The van der Waals surface area contributed by atoms with Crippen molar-refractivity contribution in [1.29, 1.82) is 0 Å². The fraction of sp³-hybridized carbons (Fsp3) is 0.528. The first-order valence-electron chi connectivity index (χ1n) is 17.9. The minimum absolute atomic E-state index is 0.00103. The zero-order valence-corrected chi connectivity index (χ0v) is 30.6. The number of unbranched alkanes of at least 4 members (excludes halogenated alkanes) is 7.